The van der Waals surface area contributed by atoms with Crippen LogP contribution in [-0.2, 0) is 10.0 Å². The molecule has 3 N–H and O–H groups in total. The Morgan fingerprint density at radius 2 is 1.85 bits per heavy atom. The minimum atomic E-state index is -3.78. The van der Waals surface area contributed by atoms with Crippen LogP contribution in [0.25, 0.3) is 5.82 Å². The Morgan fingerprint density at radius 1 is 1.11 bits per heavy atom. The van der Waals surface area contributed by atoms with Gasteiger partial charge in [-0.25, -0.2) is 13.4 Å². The van der Waals surface area contributed by atoms with Crippen molar-refractivity contribution in [3.63, 3.8) is 0 Å². The van der Waals surface area contributed by atoms with E-state index in [1.165, 1.54) is 18.4 Å². The van der Waals surface area contributed by atoms with Crippen LogP contribution in [0.3, 0.4) is 0 Å². The monoisotopic (exact) mass is 402 g/mol. The van der Waals surface area contributed by atoms with Gasteiger partial charge in [-0.05, 0) is 42.5 Å². The zero-order chi connectivity index (χ0) is 19.0. The van der Waals surface area contributed by atoms with E-state index >= 15 is 0 Å². The van der Waals surface area contributed by atoms with Crippen molar-refractivity contribution >= 4 is 38.8 Å². The van der Waals surface area contributed by atoms with E-state index in [4.69, 9.17) is 21.8 Å². The van der Waals surface area contributed by atoms with Gasteiger partial charge < -0.3 is 15.1 Å². The molecule has 4 rings (SSSR count). The zero-order valence-electron chi connectivity index (χ0n) is 14.0. The van der Waals surface area contributed by atoms with Crippen LogP contribution in [0, 0.1) is 0 Å². The van der Waals surface area contributed by atoms with Gasteiger partial charge in [-0.1, -0.05) is 23.7 Å². The predicted molar refractivity (Wildman–Crippen MR) is 103 cm³/mol. The fourth-order valence-electron chi connectivity index (χ4n) is 2.78. The lowest BCUT2D eigenvalue weighted by molar-refractivity contribution is 0.500. The molecule has 0 saturated carbocycles. The molecule has 1 aromatic heterocycles. The highest BCUT2D eigenvalue weighted by Crippen LogP contribution is 2.25. The first-order valence-electron chi connectivity index (χ1n) is 7.98. The van der Waals surface area contributed by atoms with E-state index in [0.717, 1.165) is 10.9 Å². The first-order chi connectivity index (χ1) is 13.0. The molecule has 7 nitrogen and oxygen atoms in total. The summed E-state index contributed by atoms with van der Waals surface area (Å²) < 4.78 is 32.8. The van der Waals surface area contributed by atoms with Gasteiger partial charge in [-0.3, -0.25) is 4.72 Å². The Morgan fingerprint density at radius 3 is 2.59 bits per heavy atom. The Balaban J connectivity index is 1.59. The number of anilines is 2. The van der Waals surface area contributed by atoms with Crippen LogP contribution in [0.15, 0.2) is 75.2 Å². The molecule has 3 aromatic rings. The second kappa shape index (κ2) is 6.64. The summed E-state index contributed by atoms with van der Waals surface area (Å²) in [5, 5.41) is 0.889. The number of nitrogens with two attached hydrogens (primary N) is 1. The molecule has 0 bridgehead atoms. The number of hydrogen-bond donors (Lipinski definition) is 2. The molecule has 1 aliphatic heterocycles. The van der Waals surface area contributed by atoms with Crippen LogP contribution in [0.4, 0.5) is 11.4 Å². The van der Waals surface area contributed by atoms with Gasteiger partial charge in [0.05, 0.1) is 16.5 Å². The Labute approximate surface area is 160 Å². The summed E-state index contributed by atoms with van der Waals surface area (Å²) in [6.07, 6.45) is 1.54. The molecular formula is C18H15ClN4O3S. The number of furan rings is 1. The number of benzene rings is 2. The highest BCUT2D eigenvalue weighted by Gasteiger charge is 2.18. The molecule has 0 spiro atoms. The van der Waals surface area contributed by atoms with Crippen molar-refractivity contribution in [1.82, 2.24) is 0 Å². The van der Waals surface area contributed by atoms with Crippen LogP contribution >= 0.6 is 11.6 Å². The largest absolute Gasteiger partial charge is 0.446 e. The van der Waals surface area contributed by atoms with Crippen molar-refractivity contribution < 1.29 is 12.8 Å². The average molecular weight is 403 g/mol. The van der Waals surface area contributed by atoms with Crippen molar-refractivity contribution in [3.05, 3.63) is 76.7 Å². The van der Waals surface area contributed by atoms with Gasteiger partial charge >= 0.3 is 0 Å². The Bertz CT molecular complexity index is 1220. The van der Waals surface area contributed by atoms with E-state index in [1.54, 1.807) is 42.5 Å². The van der Waals surface area contributed by atoms with Crippen LogP contribution in [0.2, 0.25) is 5.02 Å². The third-order valence-electron chi connectivity index (χ3n) is 4.12. The van der Waals surface area contributed by atoms with Gasteiger partial charge in [0.1, 0.15) is 17.4 Å². The summed E-state index contributed by atoms with van der Waals surface area (Å²) in [6.45, 7) is 0.317. The van der Waals surface area contributed by atoms with E-state index in [0.29, 0.717) is 23.7 Å². The molecule has 0 atom stereocenters. The standard InChI is InChI=1S/C18H15ClN4O3S/c19-15-3-1-2-4-16(15)27(24,25)22-12-5-7-13(8-6-12)23-11-21-18-14(17(23)20)9-10-26-18/h1-10,22H,11,20H2. The molecule has 0 unspecified atom stereocenters. The molecule has 0 aliphatic carbocycles. The number of sulfonamides is 1. The molecule has 0 amide bonds. The van der Waals surface area contributed by atoms with Gasteiger partial charge in [0, 0.05) is 11.4 Å². The maximum atomic E-state index is 12.5. The number of rotatable bonds is 4. The van der Waals surface area contributed by atoms with Crippen LogP contribution in [0.1, 0.15) is 0 Å². The molecule has 0 saturated heterocycles. The molecule has 27 heavy (non-hydrogen) atoms. The maximum absolute atomic E-state index is 12.5. The maximum Gasteiger partial charge on any atom is 0.263 e. The summed E-state index contributed by atoms with van der Waals surface area (Å²) in [7, 11) is -3.78. The van der Waals surface area contributed by atoms with E-state index in [2.05, 4.69) is 9.71 Å². The lowest BCUT2D eigenvalue weighted by atomic mass is 10.2. The van der Waals surface area contributed by atoms with Crippen molar-refractivity contribution in [2.75, 3.05) is 16.3 Å². The number of nitrogens with zero attached hydrogens (tertiary/aromatic N) is 2. The molecule has 0 fully saturated rings. The third kappa shape index (κ3) is 3.24. The second-order valence-corrected chi connectivity index (χ2v) is 7.89. The van der Waals surface area contributed by atoms with E-state index in [9.17, 15) is 8.42 Å². The van der Waals surface area contributed by atoms with Gasteiger partial charge in [-0.2, -0.15) is 0 Å². The number of halogens is 1. The molecule has 1 aliphatic rings. The predicted octanol–water partition coefficient (Wildman–Crippen LogP) is 1.86. The number of nitrogens with one attached hydrogen (secondary N) is 1. The Hall–Kier alpha value is -2.97. The quantitative estimate of drug-likeness (QED) is 0.693. The topological polar surface area (TPSA) is 101 Å². The summed E-state index contributed by atoms with van der Waals surface area (Å²) in [4.78, 5) is 6.16. The van der Waals surface area contributed by atoms with Crippen molar-refractivity contribution in [2.24, 2.45) is 10.7 Å². The minimum absolute atomic E-state index is 0.0237. The summed E-state index contributed by atoms with van der Waals surface area (Å²) >= 11 is 5.99. The average Bonchev–Trinajstić information content (AvgIpc) is 3.13. The zero-order valence-corrected chi connectivity index (χ0v) is 15.5. The summed E-state index contributed by atoms with van der Waals surface area (Å²) in [5.74, 6) is 0.526. The third-order valence-corrected chi connectivity index (χ3v) is 6.01. The van der Waals surface area contributed by atoms with Crippen LogP contribution in [-0.4, -0.2) is 15.1 Å². The van der Waals surface area contributed by atoms with E-state index in [-0.39, 0.29) is 9.92 Å². The molecule has 0 radical (unpaired) electrons. The van der Waals surface area contributed by atoms with Crippen molar-refractivity contribution in [2.45, 2.75) is 4.90 Å². The number of fused-ring (bicyclic) bond motifs is 1. The van der Waals surface area contributed by atoms with Gasteiger partial charge in [0.15, 0.2) is 0 Å². The van der Waals surface area contributed by atoms with Crippen LogP contribution in [0.5, 0.6) is 0 Å². The van der Waals surface area contributed by atoms with Gasteiger partial charge in [0.25, 0.3) is 10.0 Å². The SMILES string of the molecule is NC1=c2ccoc2=NCN1c1ccc(NS(=O)(=O)c2ccccc2Cl)cc1. The first kappa shape index (κ1) is 17.4. The fourth-order valence-corrected chi connectivity index (χ4v) is 4.36. The molecule has 2 heterocycles. The van der Waals surface area contributed by atoms with Crippen molar-refractivity contribution in [3.8, 4) is 0 Å². The molecule has 2 aromatic carbocycles. The fraction of sp³-hybridized carbons (Fsp3) is 0.0556. The summed E-state index contributed by atoms with van der Waals surface area (Å²) in [6, 6.07) is 14.9. The minimum Gasteiger partial charge on any atom is -0.446 e. The highest BCUT2D eigenvalue weighted by molar-refractivity contribution is 7.92. The van der Waals surface area contributed by atoms with E-state index in [1.807, 2.05) is 4.90 Å². The molecular weight excluding hydrogens is 388 g/mol. The van der Waals surface area contributed by atoms with E-state index < -0.39 is 10.0 Å². The van der Waals surface area contributed by atoms with Crippen molar-refractivity contribution in [1.29, 1.82) is 0 Å². The van der Waals surface area contributed by atoms with Crippen LogP contribution < -0.4 is 26.1 Å². The highest BCUT2D eigenvalue weighted by atomic mass is 35.5. The first-order valence-corrected chi connectivity index (χ1v) is 9.84. The normalized spacial score (nSPS) is 13.8. The second-order valence-electron chi connectivity index (χ2n) is 5.84. The lowest BCUT2D eigenvalue weighted by Crippen LogP contribution is -2.42. The van der Waals surface area contributed by atoms with Gasteiger partial charge in [0.2, 0.25) is 5.55 Å². The molecule has 9 heteroatoms. The smallest absolute Gasteiger partial charge is 0.263 e. The molecule has 138 valence electrons. The van der Waals surface area contributed by atoms with Gasteiger partial charge in [-0.15, -0.1) is 0 Å². The Kier molecular flexibility index (Phi) is 4.29. The summed E-state index contributed by atoms with van der Waals surface area (Å²) in [5.41, 5.74) is 7.90. The number of hydrogen-bond acceptors (Lipinski definition) is 6. The lowest BCUT2D eigenvalue weighted by Gasteiger charge is -2.24.